The van der Waals surface area contributed by atoms with E-state index >= 15 is 0 Å². The van der Waals surface area contributed by atoms with Crippen molar-refractivity contribution in [2.45, 2.75) is 6.42 Å². The molecule has 0 radical (unpaired) electrons. The molecule has 0 atom stereocenters. The van der Waals surface area contributed by atoms with Crippen molar-refractivity contribution in [3.05, 3.63) is 59.7 Å². The Labute approximate surface area is 117 Å². The van der Waals surface area contributed by atoms with E-state index in [4.69, 9.17) is 9.84 Å². The van der Waals surface area contributed by atoms with Gasteiger partial charge >= 0.3 is 5.97 Å². The molecule has 1 N–H and O–H groups in total. The van der Waals surface area contributed by atoms with E-state index in [9.17, 15) is 4.79 Å². The molecule has 0 saturated carbocycles. The van der Waals surface area contributed by atoms with Crippen LogP contribution >= 0.6 is 0 Å². The van der Waals surface area contributed by atoms with Gasteiger partial charge in [-0.3, -0.25) is 9.79 Å². The Morgan fingerprint density at radius 2 is 1.90 bits per heavy atom. The van der Waals surface area contributed by atoms with Crippen LogP contribution in [0.1, 0.15) is 11.1 Å². The third kappa shape index (κ3) is 3.68. The van der Waals surface area contributed by atoms with Gasteiger partial charge in [-0.05, 0) is 41.5 Å². The van der Waals surface area contributed by atoms with Crippen molar-refractivity contribution in [3.63, 3.8) is 0 Å². The highest BCUT2D eigenvalue weighted by molar-refractivity contribution is 5.83. The molecule has 0 unspecified atom stereocenters. The largest absolute Gasteiger partial charge is 0.497 e. The molecule has 102 valence electrons. The lowest BCUT2D eigenvalue weighted by molar-refractivity contribution is -0.136. The van der Waals surface area contributed by atoms with Gasteiger partial charge in [0.2, 0.25) is 0 Å². The molecule has 0 aliphatic carbocycles. The van der Waals surface area contributed by atoms with Crippen LogP contribution < -0.4 is 4.74 Å². The summed E-state index contributed by atoms with van der Waals surface area (Å²) in [6, 6.07) is 14.7. The van der Waals surface area contributed by atoms with Crippen LogP contribution in [-0.2, 0) is 11.2 Å². The van der Waals surface area contributed by atoms with Gasteiger partial charge in [-0.2, -0.15) is 0 Å². The average molecular weight is 269 g/mol. The first-order valence-electron chi connectivity index (χ1n) is 6.17. The lowest BCUT2D eigenvalue weighted by atomic mass is 10.1. The van der Waals surface area contributed by atoms with E-state index in [1.54, 1.807) is 25.5 Å². The first-order chi connectivity index (χ1) is 9.69. The summed E-state index contributed by atoms with van der Waals surface area (Å²) in [5, 5.41) is 8.87. The molecule has 4 nitrogen and oxygen atoms in total. The van der Waals surface area contributed by atoms with Gasteiger partial charge in [0.05, 0.1) is 19.2 Å². The van der Waals surface area contributed by atoms with E-state index in [-0.39, 0.29) is 6.42 Å². The van der Waals surface area contributed by atoms with Gasteiger partial charge in [0.25, 0.3) is 0 Å². The van der Waals surface area contributed by atoms with E-state index in [0.717, 1.165) is 11.3 Å². The van der Waals surface area contributed by atoms with Crippen molar-refractivity contribution >= 4 is 17.9 Å². The smallest absolute Gasteiger partial charge is 0.307 e. The lowest BCUT2D eigenvalue weighted by Crippen LogP contribution is -2.00. The second kappa shape index (κ2) is 6.52. The fourth-order valence-corrected chi connectivity index (χ4v) is 1.78. The van der Waals surface area contributed by atoms with Crippen LogP contribution in [0.15, 0.2) is 53.5 Å². The molecule has 0 spiro atoms. The summed E-state index contributed by atoms with van der Waals surface area (Å²) < 4.78 is 5.09. The van der Waals surface area contributed by atoms with Crippen LogP contribution in [0.4, 0.5) is 5.69 Å². The van der Waals surface area contributed by atoms with Crippen molar-refractivity contribution in [2.75, 3.05) is 7.11 Å². The molecule has 2 aromatic carbocycles. The van der Waals surface area contributed by atoms with Crippen molar-refractivity contribution < 1.29 is 14.6 Å². The predicted octanol–water partition coefficient (Wildman–Crippen LogP) is 3.07. The van der Waals surface area contributed by atoms with Crippen LogP contribution in [-0.4, -0.2) is 24.4 Å². The number of aliphatic carboxylic acids is 1. The predicted molar refractivity (Wildman–Crippen MR) is 78.0 cm³/mol. The first-order valence-corrected chi connectivity index (χ1v) is 6.17. The summed E-state index contributed by atoms with van der Waals surface area (Å²) in [4.78, 5) is 15.2. The van der Waals surface area contributed by atoms with Crippen LogP contribution in [0.5, 0.6) is 5.75 Å². The number of hydrogen-bond donors (Lipinski definition) is 1. The number of methoxy groups -OCH3 is 1. The van der Waals surface area contributed by atoms with E-state index in [0.29, 0.717) is 11.3 Å². The van der Waals surface area contributed by atoms with E-state index < -0.39 is 5.97 Å². The Morgan fingerprint density at radius 1 is 1.20 bits per heavy atom. The standard InChI is InChI=1S/C16H15NO3/c1-20-14-8-6-12(7-9-14)11-17-15-5-3-2-4-13(15)10-16(18)19/h2-9,11H,10H2,1H3,(H,18,19). The van der Waals surface area contributed by atoms with Crippen LogP contribution in [0.25, 0.3) is 0 Å². The molecule has 0 aromatic heterocycles. The van der Waals surface area contributed by atoms with Crippen molar-refractivity contribution in [2.24, 2.45) is 4.99 Å². The molecular weight excluding hydrogens is 254 g/mol. The first kappa shape index (κ1) is 13.8. The fraction of sp³-hybridized carbons (Fsp3) is 0.125. The number of rotatable bonds is 5. The molecule has 2 aromatic rings. The number of aliphatic imine (C=N–C) groups is 1. The maximum absolute atomic E-state index is 10.8. The molecule has 0 bridgehead atoms. The summed E-state index contributed by atoms with van der Waals surface area (Å²) in [7, 11) is 1.62. The molecule has 0 amide bonds. The average Bonchev–Trinajstić information content (AvgIpc) is 2.46. The highest BCUT2D eigenvalue weighted by Gasteiger charge is 2.04. The molecule has 20 heavy (non-hydrogen) atoms. The zero-order valence-electron chi connectivity index (χ0n) is 11.1. The van der Waals surface area contributed by atoms with Crippen molar-refractivity contribution in [3.8, 4) is 5.75 Å². The van der Waals surface area contributed by atoms with E-state index in [1.165, 1.54) is 0 Å². The van der Waals surface area contributed by atoms with Gasteiger partial charge in [0.15, 0.2) is 0 Å². The zero-order valence-corrected chi connectivity index (χ0v) is 11.1. The monoisotopic (exact) mass is 269 g/mol. The Morgan fingerprint density at radius 3 is 2.55 bits per heavy atom. The second-order valence-corrected chi connectivity index (χ2v) is 4.23. The fourth-order valence-electron chi connectivity index (χ4n) is 1.78. The highest BCUT2D eigenvalue weighted by atomic mass is 16.5. The van der Waals surface area contributed by atoms with E-state index in [2.05, 4.69) is 4.99 Å². The molecular formula is C16H15NO3. The number of carbonyl (C=O) groups is 1. The maximum atomic E-state index is 10.8. The topological polar surface area (TPSA) is 58.9 Å². The minimum absolute atomic E-state index is 0.0316. The summed E-state index contributed by atoms with van der Waals surface area (Å²) in [6.45, 7) is 0. The molecule has 0 aliphatic rings. The van der Waals surface area contributed by atoms with Gasteiger partial charge in [0, 0.05) is 6.21 Å². The third-order valence-electron chi connectivity index (χ3n) is 2.80. The molecule has 0 aliphatic heterocycles. The summed E-state index contributed by atoms with van der Waals surface area (Å²) in [5.41, 5.74) is 2.30. The SMILES string of the molecule is COc1ccc(C=Nc2ccccc2CC(=O)O)cc1. The van der Waals surface area contributed by atoms with Crippen LogP contribution in [0, 0.1) is 0 Å². The lowest BCUT2D eigenvalue weighted by Gasteiger charge is -2.02. The molecule has 0 heterocycles. The van der Waals surface area contributed by atoms with Crippen molar-refractivity contribution in [1.29, 1.82) is 0 Å². The Hall–Kier alpha value is -2.62. The van der Waals surface area contributed by atoms with Gasteiger partial charge in [-0.15, -0.1) is 0 Å². The second-order valence-electron chi connectivity index (χ2n) is 4.23. The highest BCUT2D eigenvalue weighted by Crippen LogP contribution is 2.19. The zero-order chi connectivity index (χ0) is 14.4. The Balaban J connectivity index is 2.19. The molecule has 4 heteroatoms. The molecule has 0 saturated heterocycles. The van der Waals surface area contributed by atoms with Crippen molar-refractivity contribution in [1.82, 2.24) is 0 Å². The Bertz CT molecular complexity index is 618. The molecule has 2 rings (SSSR count). The molecule has 0 fully saturated rings. The normalized spacial score (nSPS) is 10.7. The number of para-hydroxylation sites is 1. The number of nitrogens with zero attached hydrogens (tertiary/aromatic N) is 1. The number of hydrogen-bond acceptors (Lipinski definition) is 3. The minimum Gasteiger partial charge on any atom is -0.497 e. The van der Waals surface area contributed by atoms with Gasteiger partial charge in [0.1, 0.15) is 5.75 Å². The number of ether oxygens (including phenoxy) is 1. The van der Waals surface area contributed by atoms with Crippen LogP contribution in [0.3, 0.4) is 0 Å². The number of carboxylic acid groups (broad SMARTS) is 1. The van der Waals surface area contributed by atoms with E-state index in [1.807, 2.05) is 36.4 Å². The summed E-state index contributed by atoms with van der Waals surface area (Å²) in [6.07, 6.45) is 1.68. The quantitative estimate of drug-likeness (QED) is 0.848. The van der Waals surface area contributed by atoms with Crippen LogP contribution in [0.2, 0.25) is 0 Å². The van der Waals surface area contributed by atoms with Gasteiger partial charge in [-0.25, -0.2) is 0 Å². The number of benzene rings is 2. The summed E-state index contributed by atoms with van der Waals surface area (Å²) in [5.74, 6) is -0.0782. The third-order valence-corrected chi connectivity index (χ3v) is 2.80. The number of carboxylic acids is 1. The minimum atomic E-state index is -0.864. The van der Waals surface area contributed by atoms with Gasteiger partial charge in [-0.1, -0.05) is 18.2 Å². The van der Waals surface area contributed by atoms with Gasteiger partial charge < -0.3 is 9.84 Å². The summed E-state index contributed by atoms with van der Waals surface area (Å²) >= 11 is 0. The maximum Gasteiger partial charge on any atom is 0.307 e. The Kier molecular flexibility index (Phi) is 4.50.